The molecule has 4 nitrogen and oxygen atoms in total. The van der Waals surface area contributed by atoms with Gasteiger partial charge in [0.2, 0.25) is 0 Å². The topological polar surface area (TPSA) is 64.3 Å². The van der Waals surface area contributed by atoms with Crippen LogP contribution in [0.25, 0.3) is 0 Å². The van der Waals surface area contributed by atoms with E-state index in [0.717, 1.165) is 17.9 Å². The summed E-state index contributed by atoms with van der Waals surface area (Å²) in [5.41, 5.74) is 7.35. The van der Waals surface area contributed by atoms with Crippen LogP contribution in [0, 0.1) is 0 Å². The van der Waals surface area contributed by atoms with Gasteiger partial charge in [-0.1, -0.05) is 6.92 Å². The van der Waals surface area contributed by atoms with E-state index in [0.29, 0.717) is 24.6 Å². The molecule has 0 bridgehead atoms. The first kappa shape index (κ1) is 13.8. The number of nitrogens with two attached hydrogens (primary N) is 1. The maximum Gasteiger partial charge on any atom is 0.123 e. The van der Waals surface area contributed by atoms with Crippen LogP contribution in [0.4, 0.5) is 11.4 Å². The van der Waals surface area contributed by atoms with Gasteiger partial charge in [0.15, 0.2) is 0 Å². The maximum atomic E-state index is 10.9. The molecular formula is C12H20N2O2S. The molecule has 0 aromatic heterocycles. The Morgan fingerprint density at radius 2 is 2.18 bits per heavy atom. The number of rotatable bonds is 7. The molecule has 0 amide bonds. The number of nitrogen functional groups attached to an aromatic ring is 1. The van der Waals surface area contributed by atoms with Gasteiger partial charge in [-0.25, -0.2) is 0 Å². The molecular weight excluding hydrogens is 236 g/mol. The first-order valence-corrected chi connectivity index (χ1v) is 7.41. The van der Waals surface area contributed by atoms with Gasteiger partial charge in [-0.2, -0.15) is 0 Å². The molecule has 0 aliphatic rings. The van der Waals surface area contributed by atoms with Crippen LogP contribution < -0.4 is 15.8 Å². The highest BCUT2D eigenvalue weighted by molar-refractivity contribution is 7.84. The predicted octanol–water partition coefficient (Wildman–Crippen LogP) is 1.85. The first-order chi connectivity index (χ1) is 8.11. The van der Waals surface area contributed by atoms with Crippen molar-refractivity contribution >= 4 is 22.2 Å². The number of hydrogen-bond donors (Lipinski definition) is 2. The van der Waals surface area contributed by atoms with Crippen LogP contribution in [0.2, 0.25) is 0 Å². The van der Waals surface area contributed by atoms with Gasteiger partial charge in [-0.15, -0.1) is 0 Å². The summed E-state index contributed by atoms with van der Waals surface area (Å²) in [6.07, 6.45) is 2.66. The van der Waals surface area contributed by atoms with Crippen molar-refractivity contribution in [3.05, 3.63) is 18.2 Å². The Hall–Kier alpha value is -1.23. The van der Waals surface area contributed by atoms with Crippen molar-refractivity contribution in [3.63, 3.8) is 0 Å². The molecule has 0 radical (unpaired) electrons. The van der Waals surface area contributed by atoms with Crippen LogP contribution in [0.5, 0.6) is 5.75 Å². The number of hydrogen-bond acceptors (Lipinski definition) is 4. The van der Waals surface area contributed by atoms with Gasteiger partial charge in [-0.3, -0.25) is 4.21 Å². The van der Waals surface area contributed by atoms with E-state index in [-0.39, 0.29) is 0 Å². The van der Waals surface area contributed by atoms with E-state index in [1.165, 1.54) is 0 Å². The van der Waals surface area contributed by atoms with E-state index in [1.54, 1.807) is 12.3 Å². The van der Waals surface area contributed by atoms with E-state index in [2.05, 4.69) is 12.2 Å². The van der Waals surface area contributed by atoms with Gasteiger partial charge in [0, 0.05) is 52.9 Å². The molecule has 1 aromatic carbocycles. The van der Waals surface area contributed by atoms with Gasteiger partial charge < -0.3 is 15.8 Å². The fourth-order valence-corrected chi connectivity index (χ4v) is 1.76. The molecule has 0 aliphatic carbocycles. The lowest BCUT2D eigenvalue weighted by Gasteiger charge is -2.10. The Morgan fingerprint density at radius 3 is 2.82 bits per heavy atom. The second-order valence-corrected chi connectivity index (χ2v) is 5.40. The fraction of sp³-hybridized carbons (Fsp3) is 0.500. The Balaban J connectivity index is 2.58. The molecule has 1 atom stereocenters. The molecule has 3 N–H and O–H groups in total. The average Bonchev–Trinajstić information content (AvgIpc) is 2.25. The summed E-state index contributed by atoms with van der Waals surface area (Å²) in [7, 11) is -0.780. The number of ether oxygens (including phenoxy) is 1. The highest BCUT2D eigenvalue weighted by Crippen LogP contribution is 2.22. The molecule has 96 valence electrons. The van der Waals surface area contributed by atoms with Gasteiger partial charge >= 0.3 is 0 Å². The standard InChI is InChI=1S/C12H20N2O2S/c1-3-5-16-12-8-10(13)7-11(9-12)14-4-6-17(2)15/h7-9,14H,3-6,13H2,1-2H3. The molecule has 1 unspecified atom stereocenters. The maximum absolute atomic E-state index is 10.9. The first-order valence-electron chi connectivity index (χ1n) is 5.69. The summed E-state index contributed by atoms with van der Waals surface area (Å²) in [5, 5.41) is 3.18. The Kier molecular flexibility index (Phi) is 5.83. The molecule has 1 rings (SSSR count). The molecule has 17 heavy (non-hydrogen) atoms. The largest absolute Gasteiger partial charge is 0.493 e. The van der Waals surface area contributed by atoms with Gasteiger partial charge in [-0.05, 0) is 12.5 Å². The number of anilines is 2. The van der Waals surface area contributed by atoms with Crippen molar-refractivity contribution in [1.82, 2.24) is 0 Å². The molecule has 0 saturated heterocycles. The quantitative estimate of drug-likeness (QED) is 0.731. The van der Waals surface area contributed by atoms with Gasteiger partial charge in [0.05, 0.1) is 6.61 Å². The van der Waals surface area contributed by atoms with Crippen molar-refractivity contribution in [2.24, 2.45) is 0 Å². The summed E-state index contributed by atoms with van der Waals surface area (Å²) < 4.78 is 16.5. The normalized spacial score (nSPS) is 12.1. The molecule has 5 heteroatoms. The third-order valence-corrected chi connectivity index (χ3v) is 2.90. The number of nitrogens with one attached hydrogen (secondary N) is 1. The summed E-state index contributed by atoms with van der Waals surface area (Å²) in [5.74, 6) is 1.40. The summed E-state index contributed by atoms with van der Waals surface area (Å²) in [6.45, 7) is 3.41. The van der Waals surface area contributed by atoms with Crippen molar-refractivity contribution < 1.29 is 8.95 Å². The lowest BCUT2D eigenvalue weighted by molar-refractivity contribution is 0.318. The average molecular weight is 256 g/mol. The predicted molar refractivity (Wildman–Crippen MR) is 74.1 cm³/mol. The zero-order chi connectivity index (χ0) is 12.7. The number of benzene rings is 1. The highest BCUT2D eigenvalue weighted by Gasteiger charge is 2.00. The van der Waals surface area contributed by atoms with Gasteiger partial charge in [0.1, 0.15) is 5.75 Å². The second kappa shape index (κ2) is 7.17. The van der Waals surface area contributed by atoms with Crippen LogP contribution >= 0.6 is 0 Å². The summed E-state index contributed by atoms with van der Waals surface area (Å²) in [4.78, 5) is 0. The van der Waals surface area contributed by atoms with Crippen molar-refractivity contribution in [3.8, 4) is 5.75 Å². The highest BCUT2D eigenvalue weighted by atomic mass is 32.2. The van der Waals surface area contributed by atoms with E-state index >= 15 is 0 Å². The van der Waals surface area contributed by atoms with Crippen molar-refractivity contribution in [2.75, 3.05) is 36.2 Å². The van der Waals surface area contributed by atoms with E-state index in [4.69, 9.17) is 10.5 Å². The van der Waals surface area contributed by atoms with Crippen LogP contribution in [0.1, 0.15) is 13.3 Å². The zero-order valence-electron chi connectivity index (χ0n) is 10.4. The lowest BCUT2D eigenvalue weighted by atomic mass is 10.2. The third-order valence-electron chi connectivity index (χ3n) is 2.12. The monoisotopic (exact) mass is 256 g/mol. The Bertz CT molecular complexity index is 383. The molecule has 0 fully saturated rings. The van der Waals surface area contributed by atoms with Crippen molar-refractivity contribution in [2.45, 2.75) is 13.3 Å². The van der Waals surface area contributed by atoms with Crippen LogP contribution in [0.15, 0.2) is 18.2 Å². The SMILES string of the molecule is CCCOc1cc(N)cc(NCCS(C)=O)c1. The van der Waals surface area contributed by atoms with Gasteiger partial charge in [0.25, 0.3) is 0 Å². The molecule has 1 aromatic rings. The third kappa shape index (κ3) is 5.58. The van der Waals surface area contributed by atoms with Crippen LogP contribution in [-0.4, -0.2) is 29.4 Å². The smallest absolute Gasteiger partial charge is 0.123 e. The lowest BCUT2D eigenvalue weighted by Crippen LogP contribution is -2.10. The minimum Gasteiger partial charge on any atom is -0.493 e. The second-order valence-electron chi connectivity index (χ2n) is 3.84. The molecule has 0 heterocycles. The summed E-state index contributed by atoms with van der Waals surface area (Å²) >= 11 is 0. The van der Waals surface area contributed by atoms with E-state index < -0.39 is 10.8 Å². The molecule has 0 spiro atoms. The van der Waals surface area contributed by atoms with E-state index in [1.807, 2.05) is 12.1 Å². The minimum atomic E-state index is -0.780. The molecule has 0 saturated carbocycles. The van der Waals surface area contributed by atoms with E-state index in [9.17, 15) is 4.21 Å². The molecule has 0 aliphatic heterocycles. The van der Waals surface area contributed by atoms with Crippen LogP contribution in [-0.2, 0) is 10.8 Å². The zero-order valence-corrected chi connectivity index (χ0v) is 11.2. The fourth-order valence-electron chi connectivity index (χ4n) is 1.37. The Morgan fingerprint density at radius 1 is 1.41 bits per heavy atom. The van der Waals surface area contributed by atoms with Crippen LogP contribution in [0.3, 0.4) is 0 Å². The summed E-state index contributed by atoms with van der Waals surface area (Å²) in [6, 6.07) is 5.56. The minimum absolute atomic E-state index is 0.625. The van der Waals surface area contributed by atoms with Crippen molar-refractivity contribution in [1.29, 1.82) is 0 Å². The Labute approximate surface area is 105 Å².